The number of carbonyl (C=O) groups excluding carboxylic acids is 1. The van der Waals surface area contributed by atoms with Crippen LogP contribution in [-0.4, -0.2) is 15.7 Å². The molecule has 2 aromatic rings. The lowest BCUT2D eigenvalue weighted by Crippen LogP contribution is -2.10. The van der Waals surface area contributed by atoms with Gasteiger partial charge in [-0.2, -0.15) is 5.10 Å². The smallest absolute Gasteiger partial charge is 0.248 e. The van der Waals surface area contributed by atoms with Gasteiger partial charge < -0.3 is 5.73 Å². The summed E-state index contributed by atoms with van der Waals surface area (Å²) in [7, 11) is 0. The Labute approximate surface area is 93.0 Å². The molecule has 0 spiro atoms. The third-order valence-electron chi connectivity index (χ3n) is 2.46. The summed E-state index contributed by atoms with van der Waals surface area (Å²) >= 11 is 0. The highest BCUT2D eigenvalue weighted by Crippen LogP contribution is 2.19. The average molecular weight is 213 g/mol. The van der Waals surface area contributed by atoms with Crippen molar-refractivity contribution in [2.24, 2.45) is 5.73 Å². The van der Waals surface area contributed by atoms with Crippen molar-refractivity contribution in [3.05, 3.63) is 29.5 Å². The zero-order valence-corrected chi connectivity index (χ0v) is 8.90. The Kier molecular flexibility index (Phi) is 2.37. The van der Waals surface area contributed by atoms with Gasteiger partial charge in [-0.1, -0.05) is 12.0 Å². The Morgan fingerprint density at radius 1 is 1.62 bits per heavy atom. The second kappa shape index (κ2) is 3.70. The number of terminal acetylenes is 1. The Morgan fingerprint density at radius 3 is 3.00 bits per heavy atom. The molecular formula is C12H11N3O. The summed E-state index contributed by atoms with van der Waals surface area (Å²) in [5.41, 5.74) is 7.42. The Hall–Kier alpha value is -2.28. The molecule has 1 aromatic heterocycles. The molecule has 0 aliphatic carbocycles. The second-order valence-corrected chi connectivity index (χ2v) is 3.54. The van der Waals surface area contributed by atoms with Crippen molar-refractivity contribution < 1.29 is 4.79 Å². The Morgan fingerprint density at radius 2 is 2.38 bits per heavy atom. The number of nitrogens with two attached hydrogens (primary N) is 1. The van der Waals surface area contributed by atoms with Gasteiger partial charge in [0.2, 0.25) is 5.91 Å². The molecule has 0 bridgehead atoms. The van der Waals surface area contributed by atoms with E-state index in [2.05, 4.69) is 11.0 Å². The number of aryl methyl sites for hydroxylation is 1. The van der Waals surface area contributed by atoms with Gasteiger partial charge in [0.1, 0.15) is 6.54 Å². The van der Waals surface area contributed by atoms with Crippen molar-refractivity contribution in [2.45, 2.75) is 13.5 Å². The standard InChI is InChI=1S/C12H11N3O/c1-3-6-15-11-7-9(12(13)16)4-5-10(11)8(2)14-15/h1,4-5,7H,6H2,2H3,(H2,13,16). The summed E-state index contributed by atoms with van der Waals surface area (Å²) in [5, 5.41) is 5.29. The summed E-state index contributed by atoms with van der Waals surface area (Å²) in [6, 6.07) is 5.25. The van der Waals surface area contributed by atoms with Crippen LogP contribution in [0.4, 0.5) is 0 Å². The molecule has 2 rings (SSSR count). The number of fused-ring (bicyclic) bond motifs is 1. The monoisotopic (exact) mass is 213 g/mol. The zero-order valence-electron chi connectivity index (χ0n) is 8.90. The third kappa shape index (κ3) is 1.52. The molecular weight excluding hydrogens is 202 g/mol. The van der Waals surface area contributed by atoms with Gasteiger partial charge in [0.25, 0.3) is 0 Å². The fraction of sp³-hybridized carbons (Fsp3) is 0.167. The van der Waals surface area contributed by atoms with Gasteiger partial charge >= 0.3 is 0 Å². The van der Waals surface area contributed by atoms with Crippen LogP contribution in [0.5, 0.6) is 0 Å². The number of hydrogen-bond donors (Lipinski definition) is 1. The van der Waals surface area contributed by atoms with E-state index in [-0.39, 0.29) is 0 Å². The van der Waals surface area contributed by atoms with E-state index in [1.54, 1.807) is 16.8 Å². The fourth-order valence-corrected chi connectivity index (χ4v) is 1.70. The van der Waals surface area contributed by atoms with Crippen LogP contribution >= 0.6 is 0 Å². The van der Waals surface area contributed by atoms with Gasteiger partial charge in [-0.25, -0.2) is 0 Å². The number of rotatable bonds is 2. The molecule has 0 radical (unpaired) electrons. The van der Waals surface area contributed by atoms with Gasteiger partial charge in [-0.15, -0.1) is 6.42 Å². The quantitative estimate of drug-likeness (QED) is 0.759. The summed E-state index contributed by atoms with van der Waals surface area (Å²) in [6.07, 6.45) is 5.26. The summed E-state index contributed by atoms with van der Waals surface area (Å²) in [6.45, 7) is 2.28. The van der Waals surface area contributed by atoms with Gasteiger partial charge in [0.05, 0.1) is 11.2 Å². The first-order valence-electron chi connectivity index (χ1n) is 4.84. The molecule has 0 aliphatic rings. The molecule has 2 N–H and O–H groups in total. The number of hydrogen-bond acceptors (Lipinski definition) is 2. The lowest BCUT2D eigenvalue weighted by molar-refractivity contribution is 0.100. The van der Waals surface area contributed by atoms with E-state index < -0.39 is 5.91 Å². The SMILES string of the molecule is C#CCn1nc(C)c2ccc(C(N)=O)cc21. The molecule has 0 saturated carbocycles. The van der Waals surface area contributed by atoms with Crippen molar-refractivity contribution in [3.63, 3.8) is 0 Å². The first-order valence-corrected chi connectivity index (χ1v) is 4.84. The topological polar surface area (TPSA) is 60.9 Å². The predicted molar refractivity (Wildman–Crippen MR) is 61.8 cm³/mol. The minimum atomic E-state index is -0.451. The molecule has 4 heteroatoms. The zero-order chi connectivity index (χ0) is 11.7. The van der Waals surface area contributed by atoms with Gasteiger partial charge in [0.15, 0.2) is 0 Å². The predicted octanol–water partition coefficient (Wildman–Crippen LogP) is 1.08. The van der Waals surface area contributed by atoms with E-state index in [1.165, 1.54) is 0 Å². The van der Waals surface area contributed by atoms with Crippen molar-refractivity contribution in [3.8, 4) is 12.3 Å². The van der Waals surface area contributed by atoms with Crippen molar-refractivity contribution >= 4 is 16.8 Å². The Bertz CT molecular complexity index is 604. The van der Waals surface area contributed by atoms with E-state index in [0.29, 0.717) is 12.1 Å². The fourth-order valence-electron chi connectivity index (χ4n) is 1.70. The maximum Gasteiger partial charge on any atom is 0.248 e. The number of nitrogens with zero attached hydrogens (tertiary/aromatic N) is 2. The van der Waals surface area contributed by atoms with Crippen LogP contribution in [0.2, 0.25) is 0 Å². The third-order valence-corrected chi connectivity index (χ3v) is 2.46. The van der Waals surface area contributed by atoms with Crippen LogP contribution in [0.25, 0.3) is 10.9 Å². The van der Waals surface area contributed by atoms with Crippen molar-refractivity contribution in [1.82, 2.24) is 9.78 Å². The van der Waals surface area contributed by atoms with Gasteiger partial charge in [0, 0.05) is 10.9 Å². The number of aromatic nitrogens is 2. The maximum absolute atomic E-state index is 11.1. The number of benzene rings is 1. The van der Waals surface area contributed by atoms with Crippen molar-refractivity contribution in [1.29, 1.82) is 0 Å². The van der Waals surface area contributed by atoms with Gasteiger partial charge in [-0.3, -0.25) is 9.48 Å². The minimum Gasteiger partial charge on any atom is -0.366 e. The van der Waals surface area contributed by atoms with Gasteiger partial charge in [-0.05, 0) is 19.1 Å². The molecule has 0 fully saturated rings. The molecule has 1 aromatic carbocycles. The highest BCUT2D eigenvalue weighted by Gasteiger charge is 2.09. The van der Waals surface area contributed by atoms with E-state index in [0.717, 1.165) is 16.6 Å². The number of carbonyl (C=O) groups is 1. The van der Waals surface area contributed by atoms with Crippen LogP contribution in [0.15, 0.2) is 18.2 Å². The largest absolute Gasteiger partial charge is 0.366 e. The second-order valence-electron chi connectivity index (χ2n) is 3.54. The van der Waals surface area contributed by atoms with Crippen LogP contribution in [0.1, 0.15) is 16.1 Å². The Balaban J connectivity index is 2.70. The minimum absolute atomic E-state index is 0.382. The molecule has 1 amide bonds. The molecule has 0 unspecified atom stereocenters. The highest BCUT2D eigenvalue weighted by atomic mass is 16.1. The first-order chi connectivity index (χ1) is 7.63. The van der Waals surface area contributed by atoms with Crippen LogP contribution in [-0.2, 0) is 6.54 Å². The van der Waals surface area contributed by atoms with E-state index in [4.69, 9.17) is 12.2 Å². The molecule has 1 heterocycles. The maximum atomic E-state index is 11.1. The van der Waals surface area contributed by atoms with E-state index >= 15 is 0 Å². The van der Waals surface area contributed by atoms with Crippen LogP contribution in [0, 0.1) is 19.3 Å². The summed E-state index contributed by atoms with van der Waals surface area (Å²) in [4.78, 5) is 11.1. The highest BCUT2D eigenvalue weighted by molar-refractivity contribution is 5.97. The van der Waals surface area contributed by atoms with Crippen LogP contribution < -0.4 is 5.73 Å². The molecule has 4 nitrogen and oxygen atoms in total. The molecule has 0 aliphatic heterocycles. The number of amides is 1. The van der Waals surface area contributed by atoms with E-state index in [9.17, 15) is 4.79 Å². The molecule has 0 saturated heterocycles. The first kappa shape index (κ1) is 10.2. The summed E-state index contributed by atoms with van der Waals surface area (Å²) in [5.74, 6) is 2.07. The molecule has 16 heavy (non-hydrogen) atoms. The average Bonchev–Trinajstić information content (AvgIpc) is 2.56. The lowest BCUT2D eigenvalue weighted by Gasteiger charge is -1.99. The normalized spacial score (nSPS) is 10.2. The molecule has 0 atom stereocenters. The lowest BCUT2D eigenvalue weighted by atomic mass is 10.1. The number of primary amides is 1. The van der Waals surface area contributed by atoms with E-state index in [1.807, 2.05) is 13.0 Å². The summed E-state index contributed by atoms with van der Waals surface area (Å²) < 4.78 is 1.69. The molecule has 80 valence electrons. The van der Waals surface area contributed by atoms with Crippen LogP contribution in [0.3, 0.4) is 0 Å². The van der Waals surface area contributed by atoms with Crippen molar-refractivity contribution in [2.75, 3.05) is 0 Å².